The molecule has 0 atom stereocenters. The van der Waals surface area contributed by atoms with Crippen LogP contribution in [0.2, 0.25) is 5.02 Å². The second-order valence-corrected chi connectivity index (χ2v) is 4.54. The van der Waals surface area contributed by atoms with E-state index in [2.05, 4.69) is 5.32 Å². The van der Waals surface area contributed by atoms with E-state index in [1.54, 1.807) is 0 Å². The van der Waals surface area contributed by atoms with Gasteiger partial charge in [0.25, 0.3) is 0 Å². The highest BCUT2D eigenvalue weighted by atomic mass is 35.5. The van der Waals surface area contributed by atoms with E-state index in [1.807, 2.05) is 0 Å². The van der Waals surface area contributed by atoms with Crippen LogP contribution in [0.3, 0.4) is 0 Å². The molecule has 0 saturated heterocycles. The van der Waals surface area contributed by atoms with Crippen molar-refractivity contribution >= 4 is 35.1 Å². The summed E-state index contributed by atoms with van der Waals surface area (Å²) < 4.78 is 13.5. The zero-order chi connectivity index (χ0) is 16.0. The van der Waals surface area contributed by atoms with Gasteiger partial charge in [-0.2, -0.15) is 0 Å². The van der Waals surface area contributed by atoms with Crippen molar-refractivity contribution in [3.05, 3.63) is 29.0 Å². The zero-order valence-electron chi connectivity index (χ0n) is 10.7. The summed E-state index contributed by atoms with van der Waals surface area (Å²) in [6, 6.07) is 3.62. The van der Waals surface area contributed by atoms with Gasteiger partial charge in [-0.3, -0.25) is 19.3 Å². The molecular formula is C12H12ClFN2O5. The van der Waals surface area contributed by atoms with Gasteiger partial charge in [-0.25, -0.2) is 4.39 Å². The Balaban J connectivity index is 2.68. The van der Waals surface area contributed by atoms with Crippen LogP contribution in [-0.2, 0) is 14.4 Å². The van der Waals surface area contributed by atoms with Crippen molar-refractivity contribution in [1.82, 2.24) is 4.90 Å². The van der Waals surface area contributed by atoms with Crippen molar-refractivity contribution in [2.24, 2.45) is 0 Å². The normalized spacial score (nSPS) is 10.4. The van der Waals surface area contributed by atoms with Crippen LogP contribution in [0.5, 0.6) is 0 Å². The zero-order valence-corrected chi connectivity index (χ0v) is 11.4. The SMILES string of the molecule is O=C(O)CN(CC(=O)O)CC(=O)Nc1ccc(Cl)cc1F. The fraction of sp³-hybridized carbons (Fsp3) is 0.250. The first-order chi connectivity index (χ1) is 9.77. The first kappa shape index (κ1) is 16.9. The molecular weight excluding hydrogens is 307 g/mol. The molecule has 0 radical (unpaired) electrons. The summed E-state index contributed by atoms with van der Waals surface area (Å²) >= 11 is 5.56. The molecule has 0 bridgehead atoms. The molecule has 0 spiro atoms. The van der Waals surface area contributed by atoms with Gasteiger partial charge in [0.1, 0.15) is 5.82 Å². The molecule has 0 heterocycles. The molecule has 7 nitrogen and oxygen atoms in total. The number of halogens is 2. The highest BCUT2D eigenvalue weighted by Crippen LogP contribution is 2.18. The van der Waals surface area contributed by atoms with Crippen LogP contribution in [0, 0.1) is 5.82 Å². The highest BCUT2D eigenvalue weighted by Gasteiger charge is 2.17. The van der Waals surface area contributed by atoms with Gasteiger partial charge in [0.2, 0.25) is 5.91 Å². The fourth-order valence-corrected chi connectivity index (χ4v) is 1.69. The molecule has 0 aliphatic rings. The number of hydrogen-bond donors (Lipinski definition) is 3. The molecule has 21 heavy (non-hydrogen) atoms. The van der Waals surface area contributed by atoms with Crippen LogP contribution >= 0.6 is 11.6 Å². The average molecular weight is 319 g/mol. The lowest BCUT2D eigenvalue weighted by molar-refractivity contribution is -0.142. The molecule has 1 rings (SSSR count). The molecule has 1 aromatic carbocycles. The number of carbonyl (C=O) groups excluding carboxylic acids is 1. The lowest BCUT2D eigenvalue weighted by atomic mass is 10.3. The molecule has 9 heteroatoms. The third kappa shape index (κ3) is 6.19. The Kier molecular flexibility index (Phi) is 6.07. The van der Waals surface area contributed by atoms with Crippen LogP contribution < -0.4 is 5.32 Å². The highest BCUT2D eigenvalue weighted by molar-refractivity contribution is 6.30. The van der Waals surface area contributed by atoms with Gasteiger partial charge < -0.3 is 15.5 Å². The maximum atomic E-state index is 13.5. The van der Waals surface area contributed by atoms with E-state index < -0.39 is 43.3 Å². The molecule has 3 N–H and O–H groups in total. The third-order valence-corrected chi connectivity index (χ3v) is 2.53. The number of rotatable bonds is 7. The monoisotopic (exact) mass is 318 g/mol. The second-order valence-electron chi connectivity index (χ2n) is 4.10. The average Bonchev–Trinajstić information content (AvgIpc) is 2.30. The number of aliphatic carboxylic acids is 2. The number of hydrogen-bond acceptors (Lipinski definition) is 4. The molecule has 0 saturated carbocycles. The number of carboxylic acids is 2. The molecule has 0 aliphatic carbocycles. The van der Waals surface area contributed by atoms with Gasteiger partial charge in [-0.05, 0) is 18.2 Å². The quantitative estimate of drug-likeness (QED) is 0.689. The summed E-state index contributed by atoms with van der Waals surface area (Å²) in [4.78, 5) is 33.7. The summed E-state index contributed by atoms with van der Waals surface area (Å²) in [6.07, 6.45) is 0. The van der Waals surface area contributed by atoms with Crippen molar-refractivity contribution in [1.29, 1.82) is 0 Å². The summed E-state index contributed by atoms with van der Waals surface area (Å²) in [7, 11) is 0. The minimum Gasteiger partial charge on any atom is -0.480 e. The maximum absolute atomic E-state index is 13.5. The number of carbonyl (C=O) groups is 3. The molecule has 114 valence electrons. The second kappa shape index (κ2) is 7.55. The van der Waals surface area contributed by atoms with E-state index in [-0.39, 0.29) is 10.7 Å². The fourth-order valence-electron chi connectivity index (χ4n) is 1.53. The lowest BCUT2D eigenvalue weighted by Crippen LogP contribution is -2.40. The van der Waals surface area contributed by atoms with E-state index in [1.165, 1.54) is 12.1 Å². The van der Waals surface area contributed by atoms with Gasteiger partial charge in [0.15, 0.2) is 0 Å². The number of anilines is 1. The molecule has 0 aromatic heterocycles. The predicted molar refractivity (Wildman–Crippen MR) is 71.8 cm³/mol. The Labute approximate surface area is 123 Å². The van der Waals surface area contributed by atoms with Crippen molar-refractivity contribution < 1.29 is 29.0 Å². The summed E-state index contributed by atoms with van der Waals surface area (Å²) in [5.74, 6) is -4.04. The van der Waals surface area contributed by atoms with Gasteiger partial charge in [0, 0.05) is 5.02 Å². The molecule has 0 aliphatic heterocycles. The summed E-state index contributed by atoms with van der Waals surface area (Å²) in [5.41, 5.74) is -0.130. The van der Waals surface area contributed by atoms with Crippen molar-refractivity contribution in [2.45, 2.75) is 0 Å². The molecule has 0 fully saturated rings. The summed E-state index contributed by atoms with van der Waals surface area (Å²) in [5, 5.41) is 19.6. The first-order valence-corrected chi connectivity index (χ1v) is 6.06. The Morgan fingerprint density at radius 3 is 2.19 bits per heavy atom. The Morgan fingerprint density at radius 2 is 1.71 bits per heavy atom. The maximum Gasteiger partial charge on any atom is 0.317 e. The Hall–Kier alpha value is -2.19. The number of amides is 1. The van der Waals surface area contributed by atoms with Gasteiger partial charge >= 0.3 is 11.9 Å². The van der Waals surface area contributed by atoms with Gasteiger partial charge in [-0.15, -0.1) is 0 Å². The topological polar surface area (TPSA) is 107 Å². The van der Waals surface area contributed by atoms with Crippen LogP contribution in [0.25, 0.3) is 0 Å². The number of carboxylic acid groups (broad SMARTS) is 2. The van der Waals surface area contributed by atoms with Crippen LogP contribution in [0.1, 0.15) is 0 Å². The van der Waals surface area contributed by atoms with Gasteiger partial charge in [0.05, 0.1) is 25.3 Å². The van der Waals surface area contributed by atoms with Gasteiger partial charge in [-0.1, -0.05) is 11.6 Å². The van der Waals surface area contributed by atoms with E-state index in [4.69, 9.17) is 21.8 Å². The number of nitrogens with zero attached hydrogens (tertiary/aromatic N) is 1. The van der Waals surface area contributed by atoms with Crippen LogP contribution in [0.4, 0.5) is 10.1 Å². The standard InChI is InChI=1S/C12H12ClFN2O5/c13-7-1-2-9(8(14)3-7)15-10(17)4-16(5-11(18)19)6-12(20)21/h1-3H,4-6H2,(H,15,17)(H,18,19)(H,20,21). The molecule has 0 unspecified atom stereocenters. The van der Waals surface area contributed by atoms with E-state index >= 15 is 0 Å². The van der Waals surface area contributed by atoms with Crippen LogP contribution in [-0.4, -0.2) is 52.6 Å². The van der Waals surface area contributed by atoms with Crippen LogP contribution in [0.15, 0.2) is 18.2 Å². The predicted octanol–water partition coefficient (Wildman–Crippen LogP) is 0.889. The van der Waals surface area contributed by atoms with E-state index in [0.717, 1.165) is 11.0 Å². The van der Waals surface area contributed by atoms with E-state index in [9.17, 15) is 18.8 Å². The van der Waals surface area contributed by atoms with Crippen molar-refractivity contribution in [3.63, 3.8) is 0 Å². The minimum atomic E-state index is -1.28. The minimum absolute atomic E-state index is 0.130. The molecule has 1 aromatic rings. The van der Waals surface area contributed by atoms with E-state index in [0.29, 0.717) is 0 Å². The largest absolute Gasteiger partial charge is 0.480 e. The van der Waals surface area contributed by atoms with Crippen molar-refractivity contribution in [3.8, 4) is 0 Å². The van der Waals surface area contributed by atoms with Crippen molar-refractivity contribution in [2.75, 3.05) is 25.0 Å². The molecule has 1 amide bonds. The first-order valence-electron chi connectivity index (χ1n) is 5.68. The summed E-state index contributed by atoms with van der Waals surface area (Å²) in [6.45, 7) is -1.74. The third-order valence-electron chi connectivity index (χ3n) is 2.29. The smallest absolute Gasteiger partial charge is 0.317 e. The lowest BCUT2D eigenvalue weighted by Gasteiger charge is -2.17. The Bertz CT molecular complexity index is 551. The number of nitrogens with one attached hydrogen (secondary N) is 1. The number of benzene rings is 1. The Morgan fingerprint density at radius 1 is 1.14 bits per heavy atom.